The van der Waals surface area contributed by atoms with Crippen molar-refractivity contribution in [3.05, 3.63) is 82.8 Å². The van der Waals surface area contributed by atoms with Gasteiger partial charge in [0.05, 0.1) is 5.39 Å². The Morgan fingerprint density at radius 1 is 0.970 bits per heavy atom. The van der Waals surface area contributed by atoms with Crippen LogP contribution in [0.1, 0.15) is 5.56 Å². The van der Waals surface area contributed by atoms with Gasteiger partial charge in [-0.15, -0.1) is 0 Å². The van der Waals surface area contributed by atoms with E-state index >= 15 is 0 Å². The molecule has 0 atom stereocenters. The summed E-state index contributed by atoms with van der Waals surface area (Å²) in [7, 11) is 2.15. The minimum absolute atomic E-state index is 0.0511. The summed E-state index contributed by atoms with van der Waals surface area (Å²) >= 11 is 0. The number of benzene rings is 2. The van der Waals surface area contributed by atoms with Gasteiger partial charge in [0.2, 0.25) is 11.4 Å². The van der Waals surface area contributed by atoms with Gasteiger partial charge in [0, 0.05) is 55.6 Å². The zero-order valence-electron chi connectivity index (χ0n) is 18.3. The number of nitriles is 1. The van der Waals surface area contributed by atoms with Crippen molar-refractivity contribution < 1.29 is 0 Å². The Bertz CT molecular complexity index is 1380. The first-order chi connectivity index (χ1) is 16.1. The molecule has 0 aliphatic carbocycles. The maximum absolute atomic E-state index is 12.7. The van der Waals surface area contributed by atoms with E-state index in [1.807, 2.05) is 48.5 Å². The number of nitrogens with one attached hydrogen (secondary N) is 1. The zero-order chi connectivity index (χ0) is 22.8. The van der Waals surface area contributed by atoms with E-state index in [9.17, 15) is 10.1 Å². The topological polar surface area (TPSA) is 90.1 Å². The van der Waals surface area contributed by atoms with Gasteiger partial charge in [-0.05, 0) is 43.4 Å². The maximum Gasteiger partial charge on any atom is 0.229 e. The minimum Gasteiger partial charge on any atom is -0.369 e. The fourth-order valence-corrected chi connectivity index (χ4v) is 3.99. The Morgan fingerprint density at radius 2 is 1.70 bits per heavy atom. The van der Waals surface area contributed by atoms with Gasteiger partial charge in [0.15, 0.2) is 5.65 Å². The van der Waals surface area contributed by atoms with Gasteiger partial charge in [-0.2, -0.15) is 10.2 Å². The first-order valence-corrected chi connectivity index (χ1v) is 10.8. The molecule has 0 bridgehead atoms. The standard InChI is InChI=1S/C25H23N7O/c1-30-11-13-31(14-12-30)20-9-7-19(8-10-20)28-25-27-16-22-23(33)18(15-26)17-32(24(22)29-25)21-5-3-2-4-6-21/h2-10,16-17H,11-14H2,1H3,(H,27,28,29). The van der Waals surface area contributed by atoms with E-state index in [1.165, 1.54) is 18.1 Å². The smallest absolute Gasteiger partial charge is 0.229 e. The molecule has 2 aromatic heterocycles. The number of nitrogens with zero attached hydrogens (tertiary/aromatic N) is 6. The zero-order valence-corrected chi connectivity index (χ0v) is 18.3. The van der Waals surface area contributed by atoms with Crippen LogP contribution < -0.4 is 15.6 Å². The second kappa shape index (κ2) is 8.73. The lowest BCUT2D eigenvalue weighted by Gasteiger charge is -2.34. The average molecular weight is 438 g/mol. The van der Waals surface area contributed by atoms with Crippen molar-refractivity contribution in [3.63, 3.8) is 0 Å². The molecule has 2 aromatic carbocycles. The molecule has 0 amide bonds. The van der Waals surface area contributed by atoms with E-state index in [4.69, 9.17) is 0 Å². The van der Waals surface area contributed by atoms with Crippen LogP contribution >= 0.6 is 0 Å². The molecular weight excluding hydrogens is 414 g/mol. The van der Waals surface area contributed by atoms with Crippen molar-refractivity contribution >= 4 is 28.4 Å². The van der Waals surface area contributed by atoms with Crippen molar-refractivity contribution in [2.45, 2.75) is 0 Å². The molecule has 8 nitrogen and oxygen atoms in total. The van der Waals surface area contributed by atoms with E-state index in [-0.39, 0.29) is 11.0 Å². The first kappa shape index (κ1) is 20.7. The highest BCUT2D eigenvalue weighted by Gasteiger charge is 2.15. The molecule has 164 valence electrons. The van der Waals surface area contributed by atoms with Gasteiger partial charge < -0.3 is 15.1 Å². The second-order valence-corrected chi connectivity index (χ2v) is 8.08. The van der Waals surface area contributed by atoms with Crippen LogP contribution in [0.2, 0.25) is 0 Å². The molecule has 0 saturated carbocycles. The molecule has 0 radical (unpaired) electrons. The van der Waals surface area contributed by atoms with Gasteiger partial charge in [0.25, 0.3) is 0 Å². The molecule has 4 aromatic rings. The van der Waals surface area contributed by atoms with Gasteiger partial charge in [-0.25, -0.2) is 4.98 Å². The predicted molar refractivity (Wildman–Crippen MR) is 129 cm³/mol. The molecule has 1 aliphatic heterocycles. The van der Waals surface area contributed by atoms with E-state index in [1.54, 1.807) is 4.57 Å². The quantitative estimate of drug-likeness (QED) is 0.525. The highest BCUT2D eigenvalue weighted by atomic mass is 16.1. The van der Waals surface area contributed by atoms with Crippen LogP contribution in [0.4, 0.5) is 17.3 Å². The van der Waals surface area contributed by atoms with Crippen LogP contribution in [0.25, 0.3) is 16.7 Å². The number of para-hydroxylation sites is 1. The fourth-order valence-electron chi connectivity index (χ4n) is 3.99. The van der Waals surface area contributed by atoms with E-state index < -0.39 is 0 Å². The summed E-state index contributed by atoms with van der Waals surface area (Å²) in [5, 5.41) is 12.9. The number of hydrogen-bond acceptors (Lipinski definition) is 7. The van der Waals surface area contributed by atoms with Gasteiger partial charge in [-0.3, -0.25) is 9.36 Å². The lowest BCUT2D eigenvalue weighted by atomic mass is 10.2. The third-order valence-electron chi connectivity index (χ3n) is 5.89. The van der Waals surface area contributed by atoms with Crippen LogP contribution in [0.5, 0.6) is 0 Å². The molecule has 1 fully saturated rings. The molecule has 0 spiro atoms. The number of fused-ring (bicyclic) bond motifs is 1. The number of hydrogen-bond donors (Lipinski definition) is 1. The lowest BCUT2D eigenvalue weighted by Crippen LogP contribution is -2.44. The molecular formula is C25H23N7O. The Kier molecular flexibility index (Phi) is 5.47. The normalized spacial score (nSPS) is 14.2. The molecule has 1 N–H and O–H groups in total. The SMILES string of the molecule is CN1CCN(c2ccc(Nc3ncc4c(=O)c(C#N)cn(-c5ccccc5)c4n3)cc2)CC1. The van der Waals surface area contributed by atoms with Crippen LogP contribution in [-0.4, -0.2) is 52.7 Å². The van der Waals surface area contributed by atoms with E-state index in [0.717, 1.165) is 37.6 Å². The van der Waals surface area contributed by atoms with Gasteiger partial charge in [-0.1, -0.05) is 18.2 Å². The largest absolute Gasteiger partial charge is 0.369 e. The number of piperazine rings is 1. The summed E-state index contributed by atoms with van der Waals surface area (Å²) in [5.74, 6) is 0.378. The third-order valence-corrected chi connectivity index (χ3v) is 5.89. The number of likely N-dealkylation sites (N-methyl/N-ethyl adjacent to an activating group) is 1. The Labute approximate surface area is 191 Å². The highest BCUT2D eigenvalue weighted by Crippen LogP contribution is 2.22. The molecule has 33 heavy (non-hydrogen) atoms. The monoisotopic (exact) mass is 437 g/mol. The molecule has 1 saturated heterocycles. The van der Waals surface area contributed by atoms with Crippen LogP contribution in [0.3, 0.4) is 0 Å². The minimum atomic E-state index is -0.372. The fraction of sp³-hybridized carbons (Fsp3) is 0.200. The van der Waals surface area contributed by atoms with E-state index in [0.29, 0.717) is 17.0 Å². The van der Waals surface area contributed by atoms with Crippen molar-refractivity contribution in [2.75, 3.05) is 43.4 Å². The predicted octanol–water partition coefficient (Wildman–Crippen LogP) is 3.15. The summed E-state index contributed by atoms with van der Waals surface area (Å²) in [4.78, 5) is 26.3. The second-order valence-electron chi connectivity index (χ2n) is 8.08. The van der Waals surface area contributed by atoms with Crippen molar-refractivity contribution in [3.8, 4) is 11.8 Å². The molecule has 3 heterocycles. The number of anilines is 3. The van der Waals surface area contributed by atoms with Gasteiger partial charge in [0.1, 0.15) is 11.6 Å². The van der Waals surface area contributed by atoms with Crippen LogP contribution in [0, 0.1) is 11.3 Å². The number of rotatable bonds is 4. The highest BCUT2D eigenvalue weighted by molar-refractivity contribution is 5.79. The maximum atomic E-state index is 12.7. The summed E-state index contributed by atoms with van der Waals surface area (Å²) < 4.78 is 1.75. The molecule has 0 unspecified atom stereocenters. The van der Waals surface area contributed by atoms with Gasteiger partial charge >= 0.3 is 0 Å². The third kappa shape index (κ3) is 4.14. The van der Waals surface area contributed by atoms with Crippen molar-refractivity contribution in [2.24, 2.45) is 0 Å². The number of aromatic nitrogens is 3. The molecule has 8 heteroatoms. The summed E-state index contributed by atoms with van der Waals surface area (Å²) in [6.07, 6.45) is 3.01. The van der Waals surface area contributed by atoms with Crippen LogP contribution in [0.15, 0.2) is 71.8 Å². The van der Waals surface area contributed by atoms with Crippen molar-refractivity contribution in [1.29, 1.82) is 5.26 Å². The molecule has 5 rings (SSSR count). The summed E-state index contributed by atoms with van der Waals surface area (Å²) in [6, 6.07) is 19.7. The molecule has 1 aliphatic rings. The lowest BCUT2D eigenvalue weighted by molar-refractivity contribution is 0.313. The number of pyridine rings is 1. The Hall–Kier alpha value is -4.22. The first-order valence-electron chi connectivity index (χ1n) is 10.8. The Balaban J connectivity index is 1.47. The Morgan fingerprint density at radius 3 is 2.39 bits per heavy atom. The summed E-state index contributed by atoms with van der Waals surface area (Å²) in [5.41, 5.74) is 2.97. The van der Waals surface area contributed by atoms with Crippen molar-refractivity contribution in [1.82, 2.24) is 19.4 Å². The van der Waals surface area contributed by atoms with E-state index in [2.05, 4.69) is 44.3 Å². The average Bonchev–Trinajstić information content (AvgIpc) is 2.86. The van der Waals surface area contributed by atoms with Crippen LogP contribution in [-0.2, 0) is 0 Å². The summed E-state index contributed by atoms with van der Waals surface area (Å²) in [6.45, 7) is 4.14.